The van der Waals surface area contributed by atoms with Gasteiger partial charge in [0.2, 0.25) is 0 Å². The van der Waals surface area contributed by atoms with Gasteiger partial charge >= 0.3 is 0 Å². The molecule has 3 rings (SSSR count). The van der Waals surface area contributed by atoms with Crippen LogP contribution in [0.25, 0.3) is 5.65 Å². The fourth-order valence-electron chi connectivity index (χ4n) is 2.96. The number of halogens is 1. The predicted octanol–water partition coefficient (Wildman–Crippen LogP) is 3.32. The van der Waals surface area contributed by atoms with Gasteiger partial charge in [-0.1, -0.05) is 18.0 Å². The van der Waals surface area contributed by atoms with Crippen molar-refractivity contribution in [3.05, 3.63) is 29.2 Å². The minimum Gasteiger partial charge on any atom is -0.291 e. The van der Waals surface area contributed by atoms with E-state index in [4.69, 9.17) is 11.6 Å². The van der Waals surface area contributed by atoms with E-state index in [1.54, 1.807) is 0 Å². The zero-order valence-electron chi connectivity index (χ0n) is 11.4. The molecule has 1 saturated heterocycles. The Bertz CT molecular complexity index is 578. The monoisotopic (exact) mass is 278 g/mol. The Morgan fingerprint density at radius 1 is 1.26 bits per heavy atom. The van der Waals surface area contributed by atoms with E-state index in [0.717, 1.165) is 29.5 Å². The minimum atomic E-state index is 0.349. The highest BCUT2D eigenvalue weighted by atomic mass is 35.5. The molecule has 1 aliphatic heterocycles. The molecule has 5 heteroatoms. The normalized spacial score (nSPS) is 21.4. The molecule has 2 aromatic heterocycles. The molecule has 4 nitrogen and oxygen atoms in total. The number of rotatable bonds is 2. The zero-order chi connectivity index (χ0) is 13.4. The number of aromatic nitrogens is 3. The lowest BCUT2D eigenvalue weighted by molar-refractivity contribution is 0.105. The van der Waals surface area contributed by atoms with Gasteiger partial charge in [0, 0.05) is 12.2 Å². The van der Waals surface area contributed by atoms with Gasteiger partial charge in [-0.3, -0.25) is 9.30 Å². The van der Waals surface area contributed by atoms with Crippen molar-refractivity contribution in [1.29, 1.82) is 0 Å². The third-order valence-electron chi connectivity index (χ3n) is 3.90. The van der Waals surface area contributed by atoms with Gasteiger partial charge in [-0.2, -0.15) is 0 Å². The lowest BCUT2D eigenvalue weighted by atomic mass is 10.00. The van der Waals surface area contributed by atoms with E-state index in [2.05, 4.69) is 28.9 Å². The van der Waals surface area contributed by atoms with Crippen molar-refractivity contribution in [2.45, 2.75) is 45.2 Å². The summed E-state index contributed by atoms with van der Waals surface area (Å²) in [5.41, 5.74) is 0.869. The molecule has 0 aromatic carbocycles. The van der Waals surface area contributed by atoms with E-state index < -0.39 is 0 Å². The summed E-state index contributed by atoms with van der Waals surface area (Å²) >= 11 is 6.10. The van der Waals surface area contributed by atoms with Gasteiger partial charge in [0.05, 0.1) is 11.1 Å². The molecular formula is C14H19ClN4. The number of fused-ring (bicyclic) bond motifs is 1. The van der Waals surface area contributed by atoms with Gasteiger partial charge in [0.1, 0.15) is 0 Å². The summed E-state index contributed by atoms with van der Waals surface area (Å²) in [6.07, 6.45) is 5.58. The van der Waals surface area contributed by atoms with Gasteiger partial charge in [-0.05, 0) is 45.4 Å². The molecular weight excluding hydrogens is 260 g/mol. The molecule has 0 N–H and O–H groups in total. The molecule has 2 aromatic rings. The first kappa shape index (κ1) is 12.9. The molecule has 19 heavy (non-hydrogen) atoms. The second-order valence-corrected chi connectivity index (χ2v) is 5.91. The van der Waals surface area contributed by atoms with Crippen LogP contribution in [0.15, 0.2) is 18.3 Å². The molecule has 1 atom stereocenters. The van der Waals surface area contributed by atoms with Crippen LogP contribution in [0, 0.1) is 0 Å². The van der Waals surface area contributed by atoms with Gasteiger partial charge in [-0.15, -0.1) is 10.2 Å². The van der Waals surface area contributed by atoms with Crippen LogP contribution < -0.4 is 0 Å². The third kappa shape index (κ3) is 2.35. The average Bonchev–Trinajstić information content (AvgIpc) is 2.81. The van der Waals surface area contributed by atoms with Crippen LogP contribution >= 0.6 is 11.6 Å². The summed E-state index contributed by atoms with van der Waals surface area (Å²) in [7, 11) is 0. The van der Waals surface area contributed by atoms with Crippen molar-refractivity contribution in [3.63, 3.8) is 0 Å². The van der Waals surface area contributed by atoms with E-state index >= 15 is 0 Å². The molecule has 1 unspecified atom stereocenters. The van der Waals surface area contributed by atoms with E-state index in [9.17, 15) is 0 Å². The van der Waals surface area contributed by atoms with Gasteiger partial charge in [-0.25, -0.2) is 0 Å². The predicted molar refractivity (Wildman–Crippen MR) is 76.4 cm³/mol. The van der Waals surface area contributed by atoms with E-state index in [1.807, 2.05) is 22.7 Å². The summed E-state index contributed by atoms with van der Waals surface area (Å²) in [6, 6.07) is 4.65. The summed E-state index contributed by atoms with van der Waals surface area (Å²) in [6.45, 7) is 5.63. The Labute approximate surface area is 118 Å². The lowest BCUT2D eigenvalue weighted by Gasteiger charge is -2.37. The fraction of sp³-hybridized carbons (Fsp3) is 0.571. The van der Waals surface area contributed by atoms with Crippen LogP contribution in [0.4, 0.5) is 0 Å². The maximum Gasteiger partial charge on any atom is 0.160 e. The smallest absolute Gasteiger partial charge is 0.160 e. The molecule has 0 saturated carbocycles. The van der Waals surface area contributed by atoms with E-state index in [-0.39, 0.29) is 0 Å². The number of piperidine rings is 1. The first-order valence-electron chi connectivity index (χ1n) is 6.93. The number of nitrogens with zero attached hydrogens (tertiary/aromatic N) is 4. The van der Waals surface area contributed by atoms with Crippen LogP contribution in [-0.4, -0.2) is 32.1 Å². The Morgan fingerprint density at radius 3 is 2.89 bits per heavy atom. The molecule has 102 valence electrons. The van der Waals surface area contributed by atoms with Crippen molar-refractivity contribution in [2.75, 3.05) is 6.54 Å². The highest BCUT2D eigenvalue weighted by molar-refractivity contribution is 6.30. The molecule has 0 radical (unpaired) electrons. The van der Waals surface area contributed by atoms with Gasteiger partial charge < -0.3 is 0 Å². The van der Waals surface area contributed by atoms with Crippen LogP contribution in [0.1, 0.15) is 45.0 Å². The van der Waals surface area contributed by atoms with E-state index in [0.29, 0.717) is 12.1 Å². The van der Waals surface area contributed by atoms with Crippen LogP contribution in [0.3, 0.4) is 0 Å². The first-order valence-corrected chi connectivity index (χ1v) is 7.30. The highest BCUT2D eigenvalue weighted by Crippen LogP contribution is 2.31. The summed E-state index contributed by atoms with van der Waals surface area (Å²) in [4.78, 5) is 2.51. The van der Waals surface area contributed by atoms with E-state index in [1.165, 1.54) is 12.8 Å². The number of hydrogen-bond donors (Lipinski definition) is 0. The Balaban J connectivity index is 2.04. The topological polar surface area (TPSA) is 33.4 Å². The maximum atomic E-state index is 6.10. The van der Waals surface area contributed by atoms with Crippen molar-refractivity contribution in [2.24, 2.45) is 0 Å². The van der Waals surface area contributed by atoms with Crippen molar-refractivity contribution >= 4 is 17.2 Å². The number of hydrogen-bond acceptors (Lipinski definition) is 3. The Hall–Kier alpha value is -1.13. The molecule has 0 aliphatic carbocycles. The summed E-state index contributed by atoms with van der Waals surface area (Å²) in [5.74, 6) is 1.02. The Kier molecular flexibility index (Phi) is 3.46. The van der Waals surface area contributed by atoms with Crippen molar-refractivity contribution < 1.29 is 0 Å². The molecule has 1 fully saturated rings. The van der Waals surface area contributed by atoms with Crippen molar-refractivity contribution in [1.82, 2.24) is 19.5 Å². The molecule has 0 amide bonds. The summed E-state index contributed by atoms with van der Waals surface area (Å²) < 4.78 is 2.04. The highest BCUT2D eigenvalue weighted by Gasteiger charge is 2.29. The van der Waals surface area contributed by atoms with Gasteiger partial charge in [0.15, 0.2) is 11.5 Å². The van der Waals surface area contributed by atoms with Crippen LogP contribution in [0.2, 0.25) is 5.02 Å². The van der Waals surface area contributed by atoms with Crippen LogP contribution in [0.5, 0.6) is 0 Å². The molecule has 0 spiro atoms. The van der Waals surface area contributed by atoms with Gasteiger partial charge in [0.25, 0.3) is 0 Å². The quantitative estimate of drug-likeness (QED) is 0.845. The molecule has 3 heterocycles. The largest absolute Gasteiger partial charge is 0.291 e. The second kappa shape index (κ2) is 5.10. The molecule has 0 bridgehead atoms. The first-order chi connectivity index (χ1) is 9.16. The second-order valence-electron chi connectivity index (χ2n) is 5.48. The number of pyridine rings is 1. The minimum absolute atomic E-state index is 0.349. The maximum absolute atomic E-state index is 6.10. The third-order valence-corrected chi connectivity index (χ3v) is 4.12. The summed E-state index contributed by atoms with van der Waals surface area (Å²) in [5, 5.41) is 9.38. The lowest BCUT2D eigenvalue weighted by Crippen LogP contribution is -2.39. The fourth-order valence-corrected chi connectivity index (χ4v) is 3.12. The average molecular weight is 279 g/mol. The zero-order valence-corrected chi connectivity index (χ0v) is 12.1. The molecule has 1 aliphatic rings. The standard InChI is InChI=1S/C14H19ClN4/c1-10(2)18-8-4-3-5-12(18)14-17-16-13-7-6-11(15)9-19(13)14/h6-7,9-10,12H,3-5,8H2,1-2H3. The van der Waals surface area contributed by atoms with Crippen LogP contribution in [-0.2, 0) is 0 Å². The number of likely N-dealkylation sites (tertiary alicyclic amines) is 1. The SMILES string of the molecule is CC(C)N1CCCCC1c1nnc2ccc(Cl)cn12. The Morgan fingerprint density at radius 2 is 2.11 bits per heavy atom. The van der Waals surface area contributed by atoms with Crippen molar-refractivity contribution in [3.8, 4) is 0 Å².